The first-order valence-corrected chi connectivity index (χ1v) is 7.46. The summed E-state index contributed by atoms with van der Waals surface area (Å²) in [6.07, 6.45) is 0. The number of hydrogen-bond donors (Lipinski definition) is 2. The van der Waals surface area contributed by atoms with Crippen molar-refractivity contribution in [2.75, 3.05) is 47.3 Å². The van der Waals surface area contributed by atoms with Crippen molar-refractivity contribution in [3.05, 3.63) is 0 Å². The molecule has 0 radical (unpaired) electrons. The van der Waals surface area contributed by atoms with Crippen LogP contribution in [0.25, 0.3) is 0 Å². The van der Waals surface area contributed by atoms with Gasteiger partial charge >= 0.3 is 6.03 Å². The van der Waals surface area contributed by atoms with E-state index >= 15 is 0 Å². The second-order valence-electron chi connectivity index (χ2n) is 7.38. The number of nitrogens with zero attached hydrogens (tertiary/aromatic N) is 2. The van der Waals surface area contributed by atoms with Crippen molar-refractivity contribution in [3.63, 3.8) is 0 Å². The summed E-state index contributed by atoms with van der Waals surface area (Å²) in [5, 5.41) is 6.58. The van der Waals surface area contributed by atoms with Crippen LogP contribution < -0.4 is 10.6 Å². The molecule has 3 aliphatic rings. The molecular weight excluding hydrogens is 240 g/mol. The van der Waals surface area contributed by atoms with Gasteiger partial charge in [-0.2, -0.15) is 0 Å². The molecule has 2 heterocycles. The molecular formula is C14H27N4O+. The number of likely N-dealkylation sites (N-methyl/N-ethyl adjacent to an activating group) is 1. The number of fused-ring (bicyclic) bond motifs is 1. The van der Waals surface area contributed by atoms with Crippen molar-refractivity contribution < 1.29 is 9.28 Å². The third kappa shape index (κ3) is 2.34. The lowest BCUT2D eigenvalue weighted by atomic mass is 10.1. The van der Waals surface area contributed by atoms with Gasteiger partial charge in [-0.05, 0) is 18.9 Å². The molecule has 5 atom stereocenters. The second-order valence-corrected chi connectivity index (χ2v) is 7.38. The molecule has 2 saturated heterocycles. The third-order valence-corrected chi connectivity index (χ3v) is 5.28. The van der Waals surface area contributed by atoms with Crippen molar-refractivity contribution >= 4 is 6.03 Å². The molecule has 2 amide bonds. The number of likely N-dealkylation sites (tertiary alicyclic amines) is 2. The first-order chi connectivity index (χ1) is 8.91. The average Bonchev–Trinajstić information content (AvgIpc) is 2.65. The molecule has 1 saturated carbocycles. The molecule has 0 aromatic heterocycles. The number of nitrogens with one attached hydrogen (secondary N) is 2. The minimum absolute atomic E-state index is 0.154. The molecule has 5 heteroatoms. The lowest BCUT2D eigenvalue weighted by Gasteiger charge is -2.25. The predicted molar refractivity (Wildman–Crippen MR) is 74.7 cm³/mol. The fraction of sp³-hybridized carbons (Fsp3) is 0.929. The lowest BCUT2D eigenvalue weighted by molar-refractivity contribution is -0.879. The van der Waals surface area contributed by atoms with Crippen molar-refractivity contribution in [1.29, 1.82) is 0 Å². The zero-order valence-electron chi connectivity index (χ0n) is 12.5. The van der Waals surface area contributed by atoms with E-state index in [4.69, 9.17) is 0 Å². The zero-order valence-corrected chi connectivity index (χ0v) is 12.5. The monoisotopic (exact) mass is 267 g/mol. The van der Waals surface area contributed by atoms with E-state index in [9.17, 15) is 4.79 Å². The third-order valence-electron chi connectivity index (χ3n) is 5.28. The van der Waals surface area contributed by atoms with Gasteiger partial charge in [0, 0.05) is 25.0 Å². The van der Waals surface area contributed by atoms with Gasteiger partial charge in [0.2, 0.25) is 0 Å². The van der Waals surface area contributed by atoms with Gasteiger partial charge in [0.15, 0.2) is 0 Å². The van der Waals surface area contributed by atoms with Crippen LogP contribution in [0.2, 0.25) is 0 Å². The molecule has 3 fully saturated rings. The summed E-state index contributed by atoms with van der Waals surface area (Å²) in [6.45, 7) is 6.31. The van der Waals surface area contributed by atoms with E-state index in [1.54, 1.807) is 0 Å². The number of piperidine rings is 1. The van der Waals surface area contributed by atoms with Crippen molar-refractivity contribution in [1.82, 2.24) is 15.5 Å². The zero-order chi connectivity index (χ0) is 13.8. The molecule has 0 aromatic carbocycles. The summed E-state index contributed by atoms with van der Waals surface area (Å²) in [5.41, 5.74) is 0. The quantitative estimate of drug-likeness (QED) is 0.689. The SMILES string of the molecule is CNC1[C@H]2CN(C(=O)N[C@@H]3C[N+](C)(C)C[C@H]3C)C[C@@H]12. The summed E-state index contributed by atoms with van der Waals surface area (Å²) in [6, 6.07) is 1.14. The van der Waals surface area contributed by atoms with Crippen LogP contribution in [0.15, 0.2) is 0 Å². The average molecular weight is 267 g/mol. The van der Waals surface area contributed by atoms with Gasteiger partial charge < -0.3 is 20.0 Å². The number of quaternary nitrogens is 1. The van der Waals surface area contributed by atoms with E-state index in [0.717, 1.165) is 30.7 Å². The fourth-order valence-electron chi connectivity index (χ4n) is 4.25. The normalized spacial score (nSPS) is 43.2. The Morgan fingerprint density at radius 3 is 2.32 bits per heavy atom. The molecule has 0 spiro atoms. The summed E-state index contributed by atoms with van der Waals surface area (Å²) < 4.78 is 1.01. The molecule has 0 bridgehead atoms. The highest BCUT2D eigenvalue weighted by Crippen LogP contribution is 2.45. The highest BCUT2D eigenvalue weighted by Gasteiger charge is 2.56. The fourth-order valence-corrected chi connectivity index (χ4v) is 4.25. The predicted octanol–water partition coefficient (Wildman–Crippen LogP) is -0.0597. The highest BCUT2D eigenvalue weighted by atomic mass is 16.2. The van der Waals surface area contributed by atoms with Gasteiger partial charge in [0.05, 0.1) is 33.2 Å². The standard InChI is InChI=1S/C14H26N4O/c1-9-7-18(3,4)8-12(9)16-14(19)17-5-10-11(6-17)13(10)15-2/h9-13,15H,5-8H2,1-4H3/p+1/t9-,10-,11+,12-,13?/m1/s1. The van der Waals surface area contributed by atoms with Crippen molar-refractivity contribution in [3.8, 4) is 0 Å². The van der Waals surface area contributed by atoms with Gasteiger partial charge in [-0.25, -0.2) is 4.79 Å². The summed E-state index contributed by atoms with van der Waals surface area (Å²) in [7, 11) is 6.50. The molecule has 2 aliphatic heterocycles. The topological polar surface area (TPSA) is 44.4 Å². The van der Waals surface area contributed by atoms with E-state index in [2.05, 4.69) is 31.7 Å². The van der Waals surface area contributed by atoms with Crippen LogP contribution in [0.5, 0.6) is 0 Å². The maximum Gasteiger partial charge on any atom is 0.317 e. The van der Waals surface area contributed by atoms with Gasteiger partial charge in [-0.3, -0.25) is 0 Å². The van der Waals surface area contributed by atoms with Crippen LogP contribution >= 0.6 is 0 Å². The Bertz CT molecular complexity index is 372. The smallest absolute Gasteiger partial charge is 0.317 e. The van der Waals surface area contributed by atoms with E-state index in [0.29, 0.717) is 29.8 Å². The summed E-state index contributed by atoms with van der Waals surface area (Å²) in [5.74, 6) is 1.97. The molecule has 2 N–H and O–H groups in total. The Morgan fingerprint density at radius 2 is 1.84 bits per heavy atom. The van der Waals surface area contributed by atoms with Crippen molar-refractivity contribution in [2.24, 2.45) is 17.8 Å². The van der Waals surface area contributed by atoms with Crippen LogP contribution in [0, 0.1) is 17.8 Å². The van der Waals surface area contributed by atoms with E-state index in [1.807, 2.05) is 11.9 Å². The Hall–Kier alpha value is -0.810. The van der Waals surface area contributed by atoms with Crippen molar-refractivity contribution in [2.45, 2.75) is 19.0 Å². The molecule has 5 nitrogen and oxygen atoms in total. The Kier molecular flexibility index (Phi) is 3.02. The second kappa shape index (κ2) is 4.35. The van der Waals surface area contributed by atoms with Gasteiger partial charge in [-0.1, -0.05) is 6.92 Å². The van der Waals surface area contributed by atoms with Gasteiger partial charge in [-0.15, -0.1) is 0 Å². The number of carbonyl (C=O) groups excluding carboxylic acids is 1. The Balaban J connectivity index is 1.51. The summed E-state index contributed by atoms with van der Waals surface area (Å²) in [4.78, 5) is 14.3. The maximum absolute atomic E-state index is 12.3. The molecule has 3 rings (SSSR count). The number of rotatable bonds is 2. The maximum atomic E-state index is 12.3. The number of amides is 2. The number of urea groups is 1. The highest BCUT2D eigenvalue weighted by molar-refractivity contribution is 5.75. The van der Waals surface area contributed by atoms with E-state index < -0.39 is 0 Å². The molecule has 108 valence electrons. The first-order valence-electron chi connectivity index (χ1n) is 7.46. The van der Waals surface area contributed by atoms with Crippen LogP contribution in [-0.4, -0.2) is 74.8 Å². The van der Waals surface area contributed by atoms with E-state index in [-0.39, 0.29) is 6.03 Å². The number of carbonyl (C=O) groups is 1. The molecule has 1 unspecified atom stereocenters. The molecule has 0 aromatic rings. The molecule has 1 aliphatic carbocycles. The largest absolute Gasteiger partial charge is 0.329 e. The van der Waals surface area contributed by atoms with E-state index in [1.165, 1.54) is 0 Å². The van der Waals surface area contributed by atoms with Crippen LogP contribution in [0.1, 0.15) is 6.92 Å². The Labute approximate surface area is 115 Å². The van der Waals surface area contributed by atoms with Crippen LogP contribution in [0.3, 0.4) is 0 Å². The van der Waals surface area contributed by atoms with Crippen LogP contribution in [0.4, 0.5) is 4.79 Å². The van der Waals surface area contributed by atoms with Gasteiger partial charge in [0.1, 0.15) is 0 Å². The summed E-state index contributed by atoms with van der Waals surface area (Å²) >= 11 is 0. The molecule has 19 heavy (non-hydrogen) atoms. The minimum Gasteiger partial charge on any atom is -0.329 e. The van der Waals surface area contributed by atoms with Crippen LogP contribution in [-0.2, 0) is 0 Å². The van der Waals surface area contributed by atoms with Gasteiger partial charge in [0.25, 0.3) is 0 Å². The number of hydrogen-bond acceptors (Lipinski definition) is 2. The Morgan fingerprint density at radius 1 is 1.21 bits per heavy atom. The lowest BCUT2D eigenvalue weighted by Crippen LogP contribution is -2.49. The first kappa shape index (κ1) is 13.2. The minimum atomic E-state index is 0.154.